The third-order valence-electron chi connectivity index (χ3n) is 4.21. The number of ether oxygens (including phenoxy) is 1. The molecule has 2 aromatic rings. The number of nitrogens with zero attached hydrogens (tertiary/aromatic N) is 2. The highest BCUT2D eigenvalue weighted by Gasteiger charge is 2.29. The first-order valence-corrected chi connectivity index (χ1v) is 9.37. The monoisotopic (exact) mass is 380 g/mol. The van der Waals surface area contributed by atoms with E-state index in [-0.39, 0.29) is 17.3 Å². The predicted octanol–water partition coefficient (Wildman–Crippen LogP) is 1.93. The van der Waals surface area contributed by atoms with Gasteiger partial charge in [0, 0.05) is 24.5 Å². The Balaban J connectivity index is 1.85. The first-order chi connectivity index (χ1) is 12.1. The molecule has 2 N–H and O–H groups in total. The molecule has 0 aliphatic heterocycles. The lowest BCUT2D eigenvalue weighted by Crippen LogP contribution is -2.40. The van der Waals surface area contributed by atoms with E-state index in [1.165, 1.54) is 20.5 Å². The van der Waals surface area contributed by atoms with Crippen LogP contribution in [0.5, 0.6) is 0 Å². The lowest BCUT2D eigenvalue weighted by molar-refractivity contribution is 0.0497. The molecule has 0 saturated heterocycles. The third kappa shape index (κ3) is 3.54. The normalized spacial score (nSPS) is 14.7. The third-order valence-corrected chi connectivity index (χ3v) is 5.58. The van der Waals surface area contributed by atoms with Gasteiger partial charge in [-0.1, -0.05) is 0 Å². The molecule has 2 heterocycles. The van der Waals surface area contributed by atoms with Crippen LogP contribution in [0.4, 0.5) is 4.79 Å². The molecule has 0 unspecified atom stereocenters. The molecule has 1 fully saturated rings. The molecule has 2 aromatic heterocycles. The maximum atomic E-state index is 12.8. The number of amides is 1. The molecule has 1 aliphatic carbocycles. The van der Waals surface area contributed by atoms with Crippen LogP contribution < -0.4 is 22.1 Å². The second-order valence-corrected chi connectivity index (χ2v) is 8.64. The first-order valence-electron chi connectivity index (χ1n) is 8.55. The number of thiophene rings is 1. The Morgan fingerprint density at radius 2 is 1.96 bits per heavy atom. The van der Waals surface area contributed by atoms with Crippen molar-refractivity contribution in [2.24, 2.45) is 7.05 Å². The minimum atomic E-state index is -0.578. The van der Waals surface area contributed by atoms with Crippen molar-refractivity contribution in [1.82, 2.24) is 20.0 Å². The van der Waals surface area contributed by atoms with Crippen molar-refractivity contribution < 1.29 is 9.53 Å². The van der Waals surface area contributed by atoms with E-state index in [0.717, 1.165) is 23.3 Å². The SMILES string of the molecule is Cc1c(CNNC(=O)OC(C)(C)C)sc2c1c(=O)n(C1CC1)c(=O)n2C. The van der Waals surface area contributed by atoms with Crippen LogP contribution in [0.3, 0.4) is 0 Å². The summed E-state index contributed by atoms with van der Waals surface area (Å²) in [5.41, 5.74) is 5.07. The van der Waals surface area contributed by atoms with Gasteiger partial charge in [-0.25, -0.2) is 15.0 Å². The van der Waals surface area contributed by atoms with Gasteiger partial charge in [-0.15, -0.1) is 11.3 Å². The van der Waals surface area contributed by atoms with Gasteiger partial charge in [0.2, 0.25) is 0 Å². The fourth-order valence-electron chi connectivity index (χ4n) is 2.81. The van der Waals surface area contributed by atoms with Gasteiger partial charge in [0.25, 0.3) is 5.56 Å². The van der Waals surface area contributed by atoms with Crippen LogP contribution in [-0.2, 0) is 18.3 Å². The molecule has 0 atom stereocenters. The predicted molar refractivity (Wildman–Crippen MR) is 101 cm³/mol. The first kappa shape index (κ1) is 18.7. The van der Waals surface area contributed by atoms with E-state index in [4.69, 9.17) is 4.74 Å². The molecular formula is C17H24N4O4S. The van der Waals surface area contributed by atoms with Gasteiger partial charge in [0.05, 0.1) is 5.39 Å². The summed E-state index contributed by atoms with van der Waals surface area (Å²) in [6.45, 7) is 7.56. The smallest absolute Gasteiger partial charge is 0.422 e. The van der Waals surface area contributed by atoms with E-state index >= 15 is 0 Å². The number of carbonyl (C=O) groups is 1. The van der Waals surface area contributed by atoms with E-state index in [2.05, 4.69) is 10.9 Å². The van der Waals surface area contributed by atoms with Crippen molar-refractivity contribution >= 4 is 27.6 Å². The zero-order valence-electron chi connectivity index (χ0n) is 15.6. The van der Waals surface area contributed by atoms with Crippen molar-refractivity contribution in [3.8, 4) is 0 Å². The van der Waals surface area contributed by atoms with E-state index in [9.17, 15) is 14.4 Å². The van der Waals surface area contributed by atoms with E-state index in [1.54, 1.807) is 27.8 Å². The lowest BCUT2D eigenvalue weighted by Gasteiger charge is -2.19. The maximum absolute atomic E-state index is 12.8. The van der Waals surface area contributed by atoms with E-state index in [1.807, 2.05) is 6.92 Å². The highest BCUT2D eigenvalue weighted by molar-refractivity contribution is 7.18. The Labute approximate surface area is 154 Å². The minimum Gasteiger partial charge on any atom is -0.443 e. The Morgan fingerprint density at radius 1 is 1.31 bits per heavy atom. The zero-order valence-corrected chi connectivity index (χ0v) is 16.5. The van der Waals surface area contributed by atoms with Crippen LogP contribution in [0.2, 0.25) is 0 Å². The summed E-state index contributed by atoms with van der Waals surface area (Å²) < 4.78 is 8.07. The van der Waals surface area contributed by atoms with Crippen molar-refractivity contribution in [3.63, 3.8) is 0 Å². The van der Waals surface area contributed by atoms with Gasteiger partial charge in [-0.05, 0) is 46.1 Å². The average Bonchev–Trinajstić information content (AvgIpc) is 3.28. The van der Waals surface area contributed by atoms with Gasteiger partial charge < -0.3 is 4.74 Å². The van der Waals surface area contributed by atoms with Crippen molar-refractivity contribution in [2.75, 3.05) is 0 Å². The molecule has 1 saturated carbocycles. The molecule has 3 rings (SSSR count). The Kier molecular flexibility index (Phi) is 4.70. The number of aromatic nitrogens is 2. The summed E-state index contributed by atoms with van der Waals surface area (Å²) in [4.78, 5) is 38.5. The fraction of sp³-hybridized carbons (Fsp3) is 0.588. The van der Waals surface area contributed by atoms with Gasteiger partial charge in [0.15, 0.2) is 0 Å². The maximum Gasteiger partial charge on any atom is 0.422 e. The molecule has 142 valence electrons. The molecule has 26 heavy (non-hydrogen) atoms. The molecule has 1 aliphatic rings. The number of hydrazine groups is 1. The summed E-state index contributed by atoms with van der Waals surface area (Å²) in [6.07, 6.45) is 1.18. The molecule has 0 bridgehead atoms. The molecule has 0 radical (unpaired) electrons. The molecule has 8 nitrogen and oxygen atoms in total. The molecule has 1 amide bonds. The van der Waals surface area contributed by atoms with Gasteiger partial charge in [-0.3, -0.25) is 19.4 Å². The zero-order chi connectivity index (χ0) is 19.2. The number of rotatable bonds is 4. The molecule has 0 aromatic carbocycles. The van der Waals surface area contributed by atoms with Crippen molar-refractivity contribution in [2.45, 2.75) is 58.7 Å². The van der Waals surface area contributed by atoms with Crippen LogP contribution >= 0.6 is 11.3 Å². The summed E-state index contributed by atoms with van der Waals surface area (Å²) in [5.74, 6) is 0. The highest BCUT2D eigenvalue weighted by atomic mass is 32.1. The van der Waals surface area contributed by atoms with Gasteiger partial charge in [-0.2, -0.15) is 0 Å². The van der Waals surface area contributed by atoms with Gasteiger partial charge >= 0.3 is 11.8 Å². The summed E-state index contributed by atoms with van der Waals surface area (Å²) in [6, 6.07) is 0.0281. The number of nitrogens with one attached hydrogen (secondary N) is 2. The number of hydrogen-bond acceptors (Lipinski definition) is 6. The van der Waals surface area contributed by atoms with E-state index in [0.29, 0.717) is 16.8 Å². The molecule has 9 heteroatoms. The Bertz CT molecular complexity index is 976. The van der Waals surface area contributed by atoms with Crippen LogP contribution in [0.15, 0.2) is 9.59 Å². The van der Waals surface area contributed by atoms with Crippen molar-refractivity contribution in [1.29, 1.82) is 0 Å². The Morgan fingerprint density at radius 3 is 2.54 bits per heavy atom. The summed E-state index contributed by atoms with van der Waals surface area (Å²) in [7, 11) is 1.69. The van der Waals surface area contributed by atoms with Crippen LogP contribution in [0, 0.1) is 6.92 Å². The average molecular weight is 380 g/mol. The standard InChI is InChI=1S/C17H24N4O4S/c1-9-11(8-18-19-15(23)25-17(2,3)4)26-14-12(9)13(22)21(10-6-7-10)16(24)20(14)5/h10,18H,6-8H2,1-5H3,(H,19,23). The van der Waals surface area contributed by atoms with Crippen LogP contribution in [0.1, 0.15) is 50.1 Å². The lowest BCUT2D eigenvalue weighted by atomic mass is 10.2. The largest absolute Gasteiger partial charge is 0.443 e. The van der Waals surface area contributed by atoms with Crippen LogP contribution in [-0.4, -0.2) is 20.8 Å². The Hall–Kier alpha value is -2.13. The van der Waals surface area contributed by atoms with Gasteiger partial charge in [0.1, 0.15) is 10.4 Å². The summed E-state index contributed by atoms with van der Waals surface area (Å²) >= 11 is 1.38. The van der Waals surface area contributed by atoms with Crippen molar-refractivity contribution in [3.05, 3.63) is 31.3 Å². The second kappa shape index (κ2) is 6.55. The van der Waals surface area contributed by atoms with Crippen LogP contribution in [0.25, 0.3) is 10.2 Å². The second-order valence-electron chi connectivity index (χ2n) is 7.56. The number of carbonyl (C=O) groups excluding carboxylic acids is 1. The summed E-state index contributed by atoms with van der Waals surface area (Å²) in [5, 5.41) is 0.582. The number of aryl methyl sites for hydroxylation is 2. The fourth-order valence-corrected chi connectivity index (χ4v) is 4.00. The molecule has 0 spiro atoms. The van der Waals surface area contributed by atoms with E-state index < -0.39 is 11.7 Å². The minimum absolute atomic E-state index is 0.0281. The quantitative estimate of drug-likeness (QED) is 0.791. The molecular weight excluding hydrogens is 356 g/mol. The number of fused-ring (bicyclic) bond motifs is 1. The number of hydrogen-bond donors (Lipinski definition) is 2. The highest BCUT2D eigenvalue weighted by Crippen LogP contribution is 2.34. The topological polar surface area (TPSA) is 94.4 Å².